The van der Waals surface area contributed by atoms with Crippen LogP contribution < -0.4 is 5.32 Å². The Morgan fingerprint density at radius 3 is 2.36 bits per heavy atom. The van der Waals surface area contributed by atoms with Gasteiger partial charge in [-0.15, -0.1) is 0 Å². The molecule has 1 aliphatic carbocycles. The van der Waals surface area contributed by atoms with Crippen LogP contribution in [0.15, 0.2) is 5.70 Å². The Morgan fingerprint density at radius 1 is 1.29 bits per heavy atom. The molecule has 1 N–H and O–H groups in total. The fourth-order valence-corrected chi connectivity index (χ4v) is 2.17. The van der Waals surface area contributed by atoms with Gasteiger partial charge in [-0.25, -0.2) is 0 Å². The molecule has 0 spiro atoms. The van der Waals surface area contributed by atoms with Crippen molar-refractivity contribution in [3.05, 3.63) is 12.3 Å². The van der Waals surface area contributed by atoms with Crippen LogP contribution in [-0.4, -0.2) is 6.04 Å². The summed E-state index contributed by atoms with van der Waals surface area (Å²) in [5.74, 6) is 1.57. The lowest BCUT2D eigenvalue weighted by molar-refractivity contribution is 0.317. The second-order valence-corrected chi connectivity index (χ2v) is 5.22. The Bertz CT molecular complexity index is 176. The normalized spacial score (nSPS) is 27.7. The number of hydrogen-bond donors (Lipinski definition) is 1. The van der Waals surface area contributed by atoms with E-state index in [2.05, 4.69) is 26.1 Å². The first-order valence-corrected chi connectivity index (χ1v) is 5.95. The Morgan fingerprint density at radius 2 is 1.86 bits per heavy atom. The highest BCUT2D eigenvalue weighted by molar-refractivity contribution is 4.93. The topological polar surface area (TPSA) is 12.0 Å². The van der Waals surface area contributed by atoms with E-state index in [9.17, 15) is 0 Å². The van der Waals surface area contributed by atoms with Gasteiger partial charge in [-0.2, -0.15) is 0 Å². The van der Waals surface area contributed by atoms with E-state index in [1.807, 2.05) is 0 Å². The fraction of sp³-hybridized carbons (Fsp3) is 0.846. The molecule has 0 unspecified atom stereocenters. The maximum atomic E-state index is 5.95. The van der Waals surface area contributed by atoms with E-state index in [0.717, 1.165) is 18.0 Å². The van der Waals surface area contributed by atoms with Crippen LogP contribution in [0.3, 0.4) is 0 Å². The fourth-order valence-electron chi connectivity index (χ4n) is 2.17. The number of hydrogen-bond acceptors (Lipinski definition) is 1. The maximum absolute atomic E-state index is 5.95. The molecule has 81 valence electrons. The van der Waals surface area contributed by atoms with Crippen molar-refractivity contribution in [1.82, 2.24) is 5.32 Å². The molecule has 0 aromatic carbocycles. The van der Waals surface area contributed by atoms with Crippen LogP contribution >= 0.6 is 0 Å². The zero-order valence-electron chi connectivity index (χ0n) is 9.84. The SMILES string of the molecule is [CH]=C(CC(C)C)NC1CCC(C)CC1. The lowest BCUT2D eigenvalue weighted by Crippen LogP contribution is -2.32. The van der Waals surface area contributed by atoms with Gasteiger partial charge in [-0.3, -0.25) is 0 Å². The van der Waals surface area contributed by atoms with E-state index < -0.39 is 0 Å². The summed E-state index contributed by atoms with van der Waals surface area (Å²) in [7, 11) is 0. The molecule has 0 heterocycles. The first-order chi connectivity index (χ1) is 6.58. The Hall–Kier alpha value is -0.460. The van der Waals surface area contributed by atoms with Crippen molar-refractivity contribution in [1.29, 1.82) is 0 Å². The molecule has 1 fully saturated rings. The van der Waals surface area contributed by atoms with E-state index in [0.29, 0.717) is 12.0 Å². The predicted octanol–water partition coefficient (Wildman–Crippen LogP) is 3.52. The first-order valence-electron chi connectivity index (χ1n) is 5.95. The van der Waals surface area contributed by atoms with Crippen LogP contribution in [0.1, 0.15) is 52.9 Å². The molecule has 0 atom stereocenters. The summed E-state index contributed by atoms with van der Waals surface area (Å²) in [5, 5.41) is 3.47. The summed E-state index contributed by atoms with van der Waals surface area (Å²) in [6.07, 6.45) is 6.30. The monoisotopic (exact) mass is 194 g/mol. The zero-order valence-corrected chi connectivity index (χ0v) is 9.84. The Kier molecular flexibility index (Phi) is 4.50. The second-order valence-electron chi connectivity index (χ2n) is 5.22. The van der Waals surface area contributed by atoms with Crippen molar-refractivity contribution >= 4 is 0 Å². The van der Waals surface area contributed by atoms with Crippen LogP contribution in [0, 0.1) is 18.4 Å². The Labute approximate surface area is 89.0 Å². The third-order valence-electron chi connectivity index (χ3n) is 3.03. The highest BCUT2D eigenvalue weighted by Crippen LogP contribution is 2.24. The van der Waals surface area contributed by atoms with Crippen LogP contribution in [0.5, 0.6) is 0 Å². The summed E-state index contributed by atoms with van der Waals surface area (Å²) in [4.78, 5) is 0. The Balaban J connectivity index is 2.20. The second kappa shape index (κ2) is 5.43. The lowest BCUT2D eigenvalue weighted by Gasteiger charge is -2.28. The molecule has 1 radical (unpaired) electrons. The largest absolute Gasteiger partial charge is 0.386 e. The number of allylic oxidation sites excluding steroid dienone is 1. The summed E-state index contributed by atoms with van der Waals surface area (Å²) in [5.41, 5.74) is 0.986. The van der Waals surface area contributed by atoms with Crippen LogP contribution in [0.2, 0.25) is 0 Å². The van der Waals surface area contributed by atoms with Crippen LogP contribution in [0.4, 0.5) is 0 Å². The van der Waals surface area contributed by atoms with Gasteiger partial charge >= 0.3 is 0 Å². The van der Waals surface area contributed by atoms with Gasteiger partial charge in [0.05, 0.1) is 0 Å². The van der Waals surface area contributed by atoms with Gasteiger partial charge in [0.25, 0.3) is 0 Å². The third kappa shape index (κ3) is 4.17. The molecule has 0 saturated heterocycles. The summed E-state index contributed by atoms with van der Waals surface area (Å²) in [6, 6.07) is 0.643. The molecule has 0 amide bonds. The molecule has 0 aliphatic heterocycles. The molecule has 1 saturated carbocycles. The average Bonchev–Trinajstić information content (AvgIpc) is 2.07. The van der Waals surface area contributed by atoms with Gasteiger partial charge in [0.15, 0.2) is 0 Å². The van der Waals surface area contributed by atoms with Gasteiger partial charge in [-0.05, 0) is 50.5 Å². The lowest BCUT2D eigenvalue weighted by atomic mass is 9.87. The molecule has 0 aromatic rings. The van der Waals surface area contributed by atoms with Crippen molar-refractivity contribution in [3.63, 3.8) is 0 Å². The van der Waals surface area contributed by atoms with Gasteiger partial charge < -0.3 is 5.32 Å². The summed E-state index contributed by atoms with van der Waals surface area (Å²) < 4.78 is 0. The van der Waals surface area contributed by atoms with Crippen molar-refractivity contribution < 1.29 is 0 Å². The summed E-state index contributed by atoms with van der Waals surface area (Å²) in [6.45, 7) is 12.7. The van der Waals surface area contributed by atoms with Crippen LogP contribution in [-0.2, 0) is 0 Å². The van der Waals surface area contributed by atoms with Crippen molar-refractivity contribution in [2.75, 3.05) is 0 Å². The first kappa shape index (κ1) is 11.6. The molecule has 1 heteroatoms. The van der Waals surface area contributed by atoms with Crippen molar-refractivity contribution in [2.45, 2.75) is 58.9 Å². The zero-order chi connectivity index (χ0) is 10.6. The highest BCUT2D eigenvalue weighted by atomic mass is 14.9. The van der Waals surface area contributed by atoms with E-state index in [1.54, 1.807) is 0 Å². The molecule has 1 nitrogen and oxygen atoms in total. The van der Waals surface area contributed by atoms with Gasteiger partial charge in [0, 0.05) is 11.7 Å². The average molecular weight is 194 g/mol. The maximum Gasteiger partial charge on any atom is 0.0258 e. The smallest absolute Gasteiger partial charge is 0.0258 e. The van der Waals surface area contributed by atoms with Gasteiger partial charge in [0.2, 0.25) is 0 Å². The quantitative estimate of drug-likeness (QED) is 0.722. The minimum Gasteiger partial charge on any atom is -0.386 e. The highest BCUT2D eigenvalue weighted by Gasteiger charge is 2.18. The molecule has 14 heavy (non-hydrogen) atoms. The number of rotatable bonds is 4. The van der Waals surface area contributed by atoms with E-state index >= 15 is 0 Å². The van der Waals surface area contributed by atoms with Gasteiger partial charge in [0.1, 0.15) is 0 Å². The molecular weight excluding hydrogens is 170 g/mol. The van der Waals surface area contributed by atoms with E-state index in [-0.39, 0.29) is 0 Å². The number of nitrogens with one attached hydrogen (secondary N) is 1. The van der Waals surface area contributed by atoms with Crippen molar-refractivity contribution in [3.8, 4) is 0 Å². The predicted molar refractivity (Wildman–Crippen MR) is 61.8 cm³/mol. The van der Waals surface area contributed by atoms with E-state index in [1.165, 1.54) is 25.7 Å². The summed E-state index contributed by atoms with van der Waals surface area (Å²) >= 11 is 0. The molecule has 0 aromatic heterocycles. The van der Waals surface area contributed by atoms with Crippen LogP contribution in [0.25, 0.3) is 0 Å². The molecule has 0 bridgehead atoms. The van der Waals surface area contributed by atoms with E-state index in [4.69, 9.17) is 6.58 Å². The minimum absolute atomic E-state index is 0.643. The van der Waals surface area contributed by atoms with Crippen molar-refractivity contribution in [2.24, 2.45) is 11.8 Å². The molecule has 1 aliphatic rings. The third-order valence-corrected chi connectivity index (χ3v) is 3.03. The minimum atomic E-state index is 0.643. The molecular formula is C13H24N. The van der Waals surface area contributed by atoms with Gasteiger partial charge in [-0.1, -0.05) is 20.8 Å². The molecule has 1 rings (SSSR count). The standard InChI is InChI=1S/C13H24N/c1-10(2)9-12(4)14-13-7-5-11(3)6-8-13/h4,10-11,13-14H,5-9H2,1-3H3.